The lowest BCUT2D eigenvalue weighted by molar-refractivity contribution is -0.137. The van der Waals surface area contributed by atoms with E-state index in [9.17, 15) is 18.0 Å². The van der Waals surface area contributed by atoms with Gasteiger partial charge in [-0.25, -0.2) is 14.7 Å². The van der Waals surface area contributed by atoms with Crippen molar-refractivity contribution in [1.82, 2.24) is 4.98 Å². The Morgan fingerprint density at radius 2 is 1.76 bits per heavy atom. The molecular formula is C28H22ClF3N2O3S. The van der Waals surface area contributed by atoms with E-state index in [0.29, 0.717) is 5.56 Å². The Morgan fingerprint density at radius 3 is 2.39 bits per heavy atom. The second-order valence-electron chi connectivity index (χ2n) is 8.01. The summed E-state index contributed by atoms with van der Waals surface area (Å²) >= 11 is 8.12. The average molecular weight is 559 g/mol. The van der Waals surface area contributed by atoms with E-state index in [2.05, 4.69) is 4.98 Å². The molecule has 0 bridgehead atoms. The minimum atomic E-state index is -4.51. The summed E-state index contributed by atoms with van der Waals surface area (Å²) in [4.78, 5) is 19.4. The van der Waals surface area contributed by atoms with Gasteiger partial charge in [-0.15, -0.1) is 11.8 Å². The van der Waals surface area contributed by atoms with Gasteiger partial charge in [0.1, 0.15) is 11.6 Å². The number of hydrogen-bond acceptors (Lipinski definition) is 5. The highest BCUT2D eigenvalue weighted by molar-refractivity contribution is 7.98. The van der Waals surface area contributed by atoms with E-state index in [1.54, 1.807) is 24.0 Å². The zero-order valence-corrected chi connectivity index (χ0v) is 21.9. The lowest BCUT2D eigenvalue weighted by atomic mass is 10.0. The van der Waals surface area contributed by atoms with Crippen molar-refractivity contribution in [3.8, 4) is 16.9 Å². The molecule has 1 heterocycles. The molecule has 0 unspecified atom stereocenters. The number of alkyl halides is 3. The first-order valence-corrected chi connectivity index (χ1v) is 12.6. The van der Waals surface area contributed by atoms with Crippen LogP contribution in [0.2, 0.25) is 5.02 Å². The van der Waals surface area contributed by atoms with Crippen LogP contribution in [-0.2, 0) is 16.7 Å². The maximum absolute atomic E-state index is 13.3. The number of hydrogen-bond donors (Lipinski definition) is 0. The van der Waals surface area contributed by atoms with Crippen LogP contribution >= 0.6 is 23.4 Å². The molecule has 196 valence electrons. The molecule has 0 N–H and O–H groups in total. The molecule has 0 saturated heterocycles. The van der Waals surface area contributed by atoms with Crippen LogP contribution in [-0.4, -0.2) is 25.3 Å². The number of thioether (sulfide) groups is 1. The van der Waals surface area contributed by atoms with Gasteiger partial charge in [0.25, 0.3) is 0 Å². The lowest BCUT2D eigenvalue weighted by Crippen LogP contribution is -2.27. The third kappa shape index (κ3) is 6.23. The van der Waals surface area contributed by atoms with Crippen LogP contribution in [0.5, 0.6) is 5.75 Å². The molecule has 0 saturated carbocycles. The van der Waals surface area contributed by atoms with Crippen molar-refractivity contribution in [1.29, 1.82) is 0 Å². The Labute approximate surface area is 227 Å². The molecule has 0 radical (unpaired) electrons. The second-order valence-corrected chi connectivity index (χ2v) is 9.47. The highest BCUT2D eigenvalue weighted by Crippen LogP contribution is 2.42. The number of amides is 1. The minimum Gasteiger partial charge on any atom is -0.495 e. The molecule has 10 heteroatoms. The predicted molar refractivity (Wildman–Crippen MR) is 143 cm³/mol. The van der Waals surface area contributed by atoms with Crippen LogP contribution in [0.3, 0.4) is 0 Å². The van der Waals surface area contributed by atoms with Crippen LogP contribution < -0.4 is 9.64 Å². The van der Waals surface area contributed by atoms with Crippen molar-refractivity contribution in [2.24, 2.45) is 0 Å². The van der Waals surface area contributed by atoms with Gasteiger partial charge < -0.3 is 9.47 Å². The van der Waals surface area contributed by atoms with Crippen molar-refractivity contribution in [2.45, 2.75) is 16.8 Å². The molecular weight excluding hydrogens is 537 g/mol. The summed E-state index contributed by atoms with van der Waals surface area (Å²) in [5.74, 6) is 1.20. The number of ether oxygens (including phenoxy) is 2. The quantitative estimate of drug-likeness (QED) is 0.212. The Morgan fingerprint density at radius 1 is 1.00 bits per heavy atom. The highest BCUT2D eigenvalue weighted by Gasteiger charge is 2.31. The fraction of sp³-hybridized carbons (Fsp3) is 0.143. The smallest absolute Gasteiger partial charge is 0.420 e. The Kier molecular flexibility index (Phi) is 8.48. The molecule has 4 rings (SSSR count). The van der Waals surface area contributed by atoms with Gasteiger partial charge >= 0.3 is 12.3 Å². The molecule has 0 atom stereocenters. The van der Waals surface area contributed by atoms with Gasteiger partial charge in [-0.1, -0.05) is 54.1 Å². The molecule has 3 aromatic carbocycles. The van der Waals surface area contributed by atoms with E-state index in [1.165, 1.54) is 43.4 Å². The molecule has 4 aromatic rings. The number of carbonyl (C=O) groups excluding carboxylic acids is 1. The summed E-state index contributed by atoms with van der Waals surface area (Å²) in [7, 11) is 2.61. The van der Waals surface area contributed by atoms with E-state index >= 15 is 0 Å². The summed E-state index contributed by atoms with van der Waals surface area (Å²) < 4.78 is 50.3. The number of aromatic nitrogens is 1. The van der Waals surface area contributed by atoms with Crippen LogP contribution in [0.1, 0.15) is 11.1 Å². The number of rotatable bonds is 7. The third-order valence-electron chi connectivity index (χ3n) is 5.57. The molecule has 0 spiro atoms. The summed E-state index contributed by atoms with van der Waals surface area (Å²) in [5.41, 5.74) is 1.14. The topological polar surface area (TPSA) is 51.7 Å². The predicted octanol–water partition coefficient (Wildman–Crippen LogP) is 8.63. The minimum absolute atomic E-state index is 0.115. The molecule has 1 aromatic heterocycles. The number of anilines is 2. The molecule has 0 fully saturated rings. The Balaban J connectivity index is 1.68. The number of methoxy groups -OCH3 is 2. The maximum atomic E-state index is 13.3. The van der Waals surface area contributed by atoms with E-state index in [0.717, 1.165) is 28.3 Å². The van der Waals surface area contributed by atoms with Crippen LogP contribution in [0.4, 0.5) is 29.5 Å². The van der Waals surface area contributed by atoms with Gasteiger partial charge in [-0.2, -0.15) is 13.2 Å². The van der Waals surface area contributed by atoms with Crippen LogP contribution in [0, 0.1) is 0 Å². The molecule has 5 nitrogen and oxygen atoms in total. The normalized spacial score (nSPS) is 11.2. The van der Waals surface area contributed by atoms with E-state index < -0.39 is 17.8 Å². The third-order valence-corrected chi connectivity index (χ3v) is 6.93. The molecule has 0 aliphatic heterocycles. The fourth-order valence-electron chi connectivity index (χ4n) is 3.70. The highest BCUT2D eigenvalue weighted by atomic mass is 35.5. The summed E-state index contributed by atoms with van der Waals surface area (Å²) in [5, 5.41) is 0.115. The average Bonchev–Trinajstić information content (AvgIpc) is 2.93. The summed E-state index contributed by atoms with van der Waals surface area (Å²) in [6.07, 6.45) is -3.61. The van der Waals surface area contributed by atoms with Crippen molar-refractivity contribution >= 4 is 41.0 Å². The Hall–Kier alpha value is -3.69. The standard InChI is InChI=1S/C28H22ClF3N2O3S/c1-36-25-14-22(19-9-6-10-20(13-19)28(30,31)32)23(29)15-24(25)34(27(35)37-2)26-12-11-21(16-33-26)38-17-18-7-4-3-5-8-18/h3-16H,17H2,1-2H3. The van der Waals surface area contributed by atoms with Crippen molar-refractivity contribution in [3.63, 3.8) is 0 Å². The SMILES string of the molecule is COC(=O)N(c1ccc(SCc2ccccc2)cn1)c1cc(Cl)c(-c2cccc(C(F)(F)F)c2)cc1OC. The van der Waals surface area contributed by atoms with Crippen molar-refractivity contribution < 1.29 is 27.4 Å². The molecule has 0 aliphatic carbocycles. The van der Waals surface area contributed by atoms with Gasteiger partial charge in [0, 0.05) is 22.4 Å². The molecule has 0 aliphatic rings. The largest absolute Gasteiger partial charge is 0.495 e. The number of nitrogens with zero attached hydrogens (tertiary/aromatic N) is 2. The van der Waals surface area contributed by atoms with E-state index in [1.807, 2.05) is 36.4 Å². The van der Waals surface area contributed by atoms with Gasteiger partial charge in [0.2, 0.25) is 0 Å². The zero-order valence-electron chi connectivity index (χ0n) is 20.3. The van der Waals surface area contributed by atoms with Crippen LogP contribution in [0.15, 0.2) is 90.0 Å². The fourth-order valence-corrected chi connectivity index (χ4v) is 4.79. The first kappa shape index (κ1) is 27.3. The van der Waals surface area contributed by atoms with E-state index in [4.69, 9.17) is 21.1 Å². The van der Waals surface area contributed by atoms with Gasteiger partial charge in [-0.3, -0.25) is 0 Å². The second kappa shape index (κ2) is 11.8. The molecule has 1 amide bonds. The zero-order chi connectivity index (χ0) is 27.3. The van der Waals surface area contributed by atoms with Gasteiger partial charge in [-0.05, 0) is 47.5 Å². The van der Waals surface area contributed by atoms with E-state index in [-0.39, 0.29) is 27.8 Å². The first-order chi connectivity index (χ1) is 18.2. The van der Waals surface area contributed by atoms with Crippen molar-refractivity contribution in [2.75, 3.05) is 19.1 Å². The summed E-state index contributed by atoms with van der Waals surface area (Å²) in [6.45, 7) is 0. The van der Waals surface area contributed by atoms with Crippen molar-refractivity contribution in [3.05, 3.63) is 101 Å². The Bertz CT molecular complexity index is 1420. The van der Waals surface area contributed by atoms with Gasteiger partial charge in [0.05, 0.1) is 30.5 Å². The number of pyridine rings is 1. The molecule has 38 heavy (non-hydrogen) atoms. The number of benzene rings is 3. The summed E-state index contributed by atoms with van der Waals surface area (Å²) in [6, 6.07) is 21.2. The van der Waals surface area contributed by atoms with Crippen LogP contribution in [0.25, 0.3) is 11.1 Å². The monoisotopic (exact) mass is 558 g/mol. The maximum Gasteiger partial charge on any atom is 0.420 e. The number of carbonyl (C=O) groups is 1. The van der Waals surface area contributed by atoms with Gasteiger partial charge in [0.15, 0.2) is 0 Å². The number of halogens is 4. The first-order valence-electron chi connectivity index (χ1n) is 11.3. The lowest BCUT2D eigenvalue weighted by Gasteiger charge is -2.23.